The van der Waals surface area contributed by atoms with Crippen molar-refractivity contribution in [3.63, 3.8) is 0 Å². The molecule has 0 spiro atoms. The first kappa shape index (κ1) is 14.0. The quantitative estimate of drug-likeness (QED) is 0.589. The molecule has 0 atom stereocenters. The van der Waals surface area contributed by atoms with Crippen molar-refractivity contribution >= 4 is 33.4 Å². The van der Waals surface area contributed by atoms with E-state index < -0.39 is 0 Å². The van der Waals surface area contributed by atoms with E-state index in [9.17, 15) is 10.1 Å². The van der Waals surface area contributed by atoms with Gasteiger partial charge in [-0.2, -0.15) is 5.10 Å². The number of aromatic amines is 1. The Balaban J connectivity index is 1.82. The minimum atomic E-state index is -0.348. The highest BCUT2D eigenvalue weighted by Gasteiger charge is 2.19. The molecule has 8 heteroatoms. The van der Waals surface area contributed by atoms with Crippen molar-refractivity contribution < 1.29 is 4.92 Å². The molecule has 0 fully saturated rings. The highest BCUT2D eigenvalue weighted by molar-refractivity contribution is 8.14. The molecule has 23 heavy (non-hydrogen) atoms. The number of nitrogens with one attached hydrogen (secondary N) is 1. The highest BCUT2D eigenvalue weighted by Crippen LogP contribution is 2.30. The van der Waals surface area contributed by atoms with E-state index in [0.717, 1.165) is 34.0 Å². The number of rotatable bonds is 4. The van der Waals surface area contributed by atoms with Crippen LogP contribution in [0.5, 0.6) is 0 Å². The number of benzene rings is 1. The van der Waals surface area contributed by atoms with E-state index in [4.69, 9.17) is 0 Å². The Morgan fingerprint density at radius 3 is 3.00 bits per heavy atom. The minimum Gasteiger partial charge on any atom is -0.347 e. The van der Waals surface area contributed by atoms with Crippen molar-refractivity contribution in [3.05, 3.63) is 58.0 Å². The molecule has 0 amide bonds. The van der Waals surface area contributed by atoms with Crippen LogP contribution >= 0.6 is 11.8 Å². The van der Waals surface area contributed by atoms with Gasteiger partial charge in [0.1, 0.15) is 10.6 Å². The van der Waals surface area contributed by atoms with E-state index in [0.29, 0.717) is 12.1 Å². The zero-order valence-electron chi connectivity index (χ0n) is 12.1. The van der Waals surface area contributed by atoms with E-state index in [-0.39, 0.29) is 10.6 Å². The van der Waals surface area contributed by atoms with E-state index in [1.165, 1.54) is 0 Å². The van der Waals surface area contributed by atoms with Crippen LogP contribution in [0.15, 0.2) is 41.7 Å². The van der Waals surface area contributed by atoms with Crippen molar-refractivity contribution in [1.82, 2.24) is 14.8 Å². The molecule has 1 aliphatic heterocycles. The SMILES string of the molecule is O=[N+]([O-])c1cc(Cn2cccn2)cc2cc(C3=NCCS3)[nH]c12. The highest BCUT2D eigenvalue weighted by atomic mass is 32.2. The molecule has 0 saturated heterocycles. The molecule has 7 nitrogen and oxygen atoms in total. The Morgan fingerprint density at radius 2 is 2.30 bits per heavy atom. The number of aliphatic imine (C=N–C) groups is 1. The summed E-state index contributed by atoms with van der Waals surface area (Å²) in [5.41, 5.74) is 2.32. The molecule has 4 rings (SSSR count). The third-order valence-corrected chi connectivity index (χ3v) is 4.69. The van der Waals surface area contributed by atoms with Gasteiger partial charge in [0.05, 0.1) is 17.2 Å². The fourth-order valence-electron chi connectivity index (χ4n) is 2.72. The maximum absolute atomic E-state index is 11.4. The van der Waals surface area contributed by atoms with Crippen LogP contribution in [0.1, 0.15) is 11.3 Å². The number of H-pyrrole nitrogens is 1. The zero-order chi connectivity index (χ0) is 15.8. The predicted octanol–water partition coefficient (Wildman–Crippen LogP) is 2.81. The summed E-state index contributed by atoms with van der Waals surface area (Å²) in [6, 6.07) is 7.33. The molecule has 116 valence electrons. The van der Waals surface area contributed by atoms with Gasteiger partial charge in [0, 0.05) is 36.1 Å². The average molecular weight is 327 g/mol. The Kier molecular flexibility index (Phi) is 3.38. The Bertz CT molecular complexity index is 913. The largest absolute Gasteiger partial charge is 0.347 e. The van der Waals surface area contributed by atoms with Crippen molar-refractivity contribution in [2.45, 2.75) is 6.54 Å². The maximum Gasteiger partial charge on any atom is 0.293 e. The normalized spacial score (nSPS) is 14.3. The van der Waals surface area contributed by atoms with Crippen LogP contribution < -0.4 is 0 Å². The maximum atomic E-state index is 11.4. The van der Waals surface area contributed by atoms with Crippen LogP contribution in [0.3, 0.4) is 0 Å². The van der Waals surface area contributed by atoms with E-state index in [1.807, 2.05) is 24.4 Å². The molecule has 2 aromatic heterocycles. The third-order valence-electron chi connectivity index (χ3n) is 3.68. The summed E-state index contributed by atoms with van der Waals surface area (Å²) in [6.07, 6.45) is 3.53. The van der Waals surface area contributed by atoms with Crippen LogP contribution in [-0.4, -0.2) is 37.0 Å². The summed E-state index contributed by atoms with van der Waals surface area (Å²) in [4.78, 5) is 18.7. The fraction of sp³-hybridized carbons (Fsp3) is 0.200. The molecular formula is C15H13N5O2S. The number of thioether (sulfide) groups is 1. The van der Waals surface area contributed by atoms with Gasteiger partial charge in [-0.3, -0.25) is 19.8 Å². The molecule has 1 aromatic carbocycles. The lowest BCUT2D eigenvalue weighted by Gasteiger charge is -2.03. The first-order valence-electron chi connectivity index (χ1n) is 7.16. The molecule has 0 bridgehead atoms. The predicted molar refractivity (Wildman–Crippen MR) is 90.1 cm³/mol. The van der Waals surface area contributed by atoms with Gasteiger partial charge >= 0.3 is 0 Å². The molecule has 0 radical (unpaired) electrons. The fourth-order valence-corrected chi connectivity index (χ4v) is 3.54. The second kappa shape index (κ2) is 5.54. The molecule has 0 saturated carbocycles. The van der Waals surface area contributed by atoms with Crippen LogP contribution in [-0.2, 0) is 6.54 Å². The Labute approximate surface area is 135 Å². The molecule has 0 aliphatic carbocycles. The van der Waals surface area contributed by atoms with Crippen LogP contribution in [0.4, 0.5) is 5.69 Å². The van der Waals surface area contributed by atoms with Gasteiger partial charge < -0.3 is 4.98 Å². The molecule has 3 heterocycles. The lowest BCUT2D eigenvalue weighted by molar-refractivity contribution is -0.383. The van der Waals surface area contributed by atoms with Gasteiger partial charge in [-0.05, 0) is 23.8 Å². The second-order valence-electron chi connectivity index (χ2n) is 5.26. The van der Waals surface area contributed by atoms with Crippen LogP contribution in [0.25, 0.3) is 10.9 Å². The monoisotopic (exact) mass is 327 g/mol. The van der Waals surface area contributed by atoms with Gasteiger partial charge in [0.15, 0.2) is 0 Å². The summed E-state index contributed by atoms with van der Waals surface area (Å²) in [5, 5.41) is 17.3. The number of nitro groups is 1. The summed E-state index contributed by atoms with van der Waals surface area (Å²) in [5.74, 6) is 0.956. The number of hydrogen-bond acceptors (Lipinski definition) is 5. The Morgan fingerprint density at radius 1 is 1.39 bits per heavy atom. The number of hydrogen-bond donors (Lipinski definition) is 1. The zero-order valence-corrected chi connectivity index (χ0v) is 12.9. The second-order valence-corrected chi connectivity index (χ2v) is 6.34. The molecule has 3 aromatic rings. The van der Waals surface area contributed by atoms with Crippen LogP contribution in [0.2, 0.25) is 0 Å². The number of nitro benzene ring substituents is 1. The molecular weight excluding hydrogens is 314 g/mol. The summed E-state index contributed by atoms with van der Waals surface area (Å²) < 4.78 is 1.75. The Hall–Kier alpha value is -2.61. The first-order valence-corrected chi connectivity index (χ1v) is 8.14. The van der Waals surface area contributed by atoms with Crippen molar-refractivity contribution in [3.8, 4) is 0 Å². The topological polar surface area (TPSA) is 89.1 Å². The molecule has 1 N–H and O–H groups in total. The van der Waals surface area contributed by atoms with E-state index in [1.54, 1.807) is 28.7 Å². The average Bonchev–Trinajstić information content (AvgIpc) is 3.27. The van der Waals surface area contributed by atoms with Gasteiger partial charge in [-0.25, -0.2) is 0 Å². The van der Waals surface area contributed by atoms with E-state index >= 15 is 0 Å². The first-order chi connectivity index (χ1) is 11.2. The summed E-state index contributed by atoms with van der Waals surface area (Å²) in [6.45, 7) is 1.29. The number of aromatic nitrogens is 3. The van der Waals surface area contributed by atoms with Crippen molar-refractivity contribution in [2.24, 2.45) is 4.99 Å². The molecule has 0 unspecified atom stereocenters. The number of nitrogens with zero attached hydrogens (tertiary/aromatic N) is 4. The van der Waals surface area contributed by atoms with E-state index in [2.05, 4.69) is 15.1 Å². The van der Waals surface area contributed by atoms with Crippen LogP contribution in [0, 0.1) is 10.1 Å². The third kappa shape index (κ3) is 2.61. The van der Waals surface area contributed by atoms with Gasteiger partial charge in [0.2, 0.25) is 0 Å². The lowest BCUT2D eigenvalue weighted by atomic mass is 10.1. The number of non-ortho nitro benzene ring substituents is 1. The molecule has 1 aliphatic rings. The van der Waals surface area contributed by atoms with Crippen molar-refractivity contribution in [1.29, 1.82) is 0 Å². The van der Waals surface area contributed by atoms with Crippen molar-refractivity contribution in [2.75, 3.05) is 12.3 Å². The lowest BCUT2D eigenvalue weighted by Crippen LogP contribution is -2.01. The summed E-state index contributed by atoms with van der Waals surface area (Å²) in [7, 11) is 0. The summed E-state index contributed by atoms with van der Waals surface area (Å²) >= 11 is 1.67. The van der Waals surface area contributed by atoms with Gasteiger partial charge in [-0.1, -0.05) is 0 Å². The smallest absolute Gasteiger partial charge is 0.293 e. The standard InChI is InChI=1S/C15H13N5O2S/c21-20(22)13-7-10(9-19-4-1-2-17-19)6-11-8-12(18-14(11)13)15-16-3-5-23-15/h1-2,4,6-8,18H,3,5,9H2. The minimum absolute atomic E-state index is 0.0829. The van der Waals surface area contributed by atoms with Gasteiger partial charge in [-0.15, -0.1) is 11.8 Å². The van der Waals surface area contributed by atoms with Gasteiger partial charge in [0.25, 0.3) is 5.69 Å². The number of fused-ring (bicyclic) bond motifs is 1.